The highest BCUT2D eigenvalue weighted by molar-refractivity contribution is 7.17. The molecule has 0 radical (unpaired) electrons. The number of thiophene rings is 1. The maximum Gasteiger partial charge on any atom is 0.339 e. The first-order chi connectivity index (χ1) is 11.1. The van der Waals surface area contributed by atoms with Crippen LogP contribution in [-0.2, 0) is 4.74 Å². The molecule has 0 bridgehead atoms. The predicted molar refractivity (Wildman–Crippen MR) is 83.0 cm³/mol. The van der Waals surface area contributed by atoms with Crippen LogP contribution < -0.4 is 5.32 Å². The Morgan fingerprint density at radius 3 is 2.96 bits per heavy atom. The molecule has 0 aliphatic rings. The normalized spacial score (nSPS) is 10.7. The summed E-state index contributed by atoms with van der Waals surface area (Å²) in [6.07, 6.45) is 1.29. The Hall–Kier alpha value is -2.61. The highest BCUT2D eigenvalue weighted by atomic mass is 32.1. The predicted octanol–water partition coefficient (Wildman–Crippen LogP) is 3.89. The van der Waals surface area contributed by atoms with Crippen molar-refractivity contribution >= 4 is 39.0 Å². The monoisotopic (exact) mass is 335 g/mol. The third-order valence-corrected chi connectivity index (χ3v) is 3.93. The molecule has 2 aromatic heterocycles. The lowest BCUT2D eigenvalue weighted by Gasteiger charge is -2.09. The number of hydrogen-bond acceptors (Lipinski definition) is 6. The number of esters is 1. The zero-order chi connectivity index (χ0) is 16.4. The van der Waals surface area contributed by atoms with E-state index in [0.29, 0.717) is 10.2 Å². The lowest BCUT2D eigenvalue weighted by atomic mass is 10.2. The van der Waals surface area contributed by atoms with Crippen LogP contribution in [0.25, 0.3) is 10.2 Å². The van der Waals surface area contributed by atoms with E-state index in [1.165, 1.54) is 17.7 Å². The molecule has 0 saturated heterocycles. The van der Waals surface area contributed by atoms with Crippen molar-refractivity contribution in [1.82, 2.24) is 9.97 Å². The molecule has 0 aliphatic heterocycles. The van der Waals surface area contributed by atoms with E-state index >= 15 is 0 Å². The van der Waals surface area contributed by atoms with Crippen LogP contribution in [0.2, 0.25) is 0 Å². The van der Waals surface area contributed by atoms with Gasteiger partial charge in [-0.2, -0.15) is 0 Å². The van der Waals surface area contributed by atoms with Gasteiger partial charge in [0.15, 0.2) is 0 Å². The Balaban J connectivity index is 2.08. The molecule has 5 nitrogen and oxygen atoms in total. The van der Waals surface area contributed by atoms with Gasteiger partial charge in [-0.05, 0) is 19.1 Å². The van der Waals surface area contributed by atoms with E-state index in [0.717, 1.165) is 18.2 Å². The Morgan fingerprint density at radius 1 is 1.35 bits per heavy atom. The van der Waals surface area contributed by atoms with Crippen molar-refractivity contribution in [1.29, 1.82) is 0 Å². The molecule has 0 fully saturated rings. The Kier molecular flexibility index (Phi) is 4.16. The number of rotatable bonds is 4. The second-order valence-electron chi connectivity index (χ2n) is 4.52. The standard InChI is InChI=1S/C15H11F2N3O2S/c1-2-22-15(21)9-6-23-14-12(9)13(18-7-19-14)20-11-5-8(16)3-4-10(11)17/h3-7H,2H2,1H3,(H,18,19,20). The molecule has 3 aromatic rings. The van der Waals surface area contributed by atoms with Gasteiger partial charge >= 0.3 is 5.97 Å². The first kappa shape index (κ1) is 15.3. The van der Waals surface area contributed by atoms with Crippen LogP contribution in [0.15, 0.2) is 29.9 Å². The lowest BCUT2D eigenvalue weighted by molar-refractivity contribution is 0.0529. The van der Waals surface area contributed by atoms with Gasteiger partial charge < -0.3 is 10.1 Å². The van der Waals surface area contributed by atoms with E-state index in [1.54, 1.807) is 12.3 Å². The van der Waals surface area contributed by atoms with Crippen molar-refractivity contribution in [3.63, 3.8) is 0 Å². The number of benzene rings is 1. The summed E-state index contributed by atoms with van der Waals surface area (Å²) in [5.41, 5.74) is 0.206. The van der Waals surface area contributed by atoms with Gasteiger partial charge in [-0.3, -0.25) is 0 Å². The zero-order valence-electron chi connectivity index (χ0n) is 12.0. The van der Waals surface area contributed by atoms with E-state index in [9.17, 15) is 13.6 Å². The van der Waals surface area contributed by atoms with Gasteiger partial charge in [-0.15, -0.1) is 11.3 Å². The average Bonchev–Trinajstić information content (AvgIpc) is 2.96. The lowest BCUT2D eigenvalue weighted by Crippen LogP contribution is -2.05. The Bertz CT molecular complexity index is 882. The zero-order valence-corrected chi connectivity index (χ0v) is 12.8. The molecule has 1 aromatic carbocycles. The molecular formula is C15H11F2N3O2S. The van der Waals surface area contributed by atoms with Gasteiger partial charge in [-0.25, -0.2) is 23.5 Å². The summed E-state index contributed by atoms with van der Waals surface area (Å²) < 4.78 is 32.1. The number of anilines is 2. The largest absolute Gasteiger partial charge is 0.462 e. The highest BCUT2D eigenvalue weighted by Crippen LogP contribution is 2.32. The second kappa shape index (κ2) is 6.25. The highest BCUT2D eigenvalue weighted by Gasteiger charge is 2.19. The van der Waals surface area contributed by atoms with E-state index in [2.05, 4.69) is 15.3 Å². The fourth-order valence-corrected chi connectivity index (χ4v) is 2.93. The van der Waals surface area contributed by atoms with Gasteiger partial charge in [-0.1, -0.05) is 0 Å². The summed E-state index contributed by atoms with van der Waals surface area (Å²) in [6.45, 7) is 1.93. The number of nitrogens with one attached hydrogen (secondary N) is 1. The molecule has 0 spiro atoms. The SMILES string of the molecule is CCOC(=O)c1csc2ncnc(Nc3cc(F)ccc3F)c12. The minimum atomic E-state index is -0.633. The first-order valence-corrected chi connectivity index (χ1v) is 7.59. The number of ether oxygens (including phenoxy) is 1. The maximum absolute atomic E-state index is 13.8. The van der Waals surface area contributed by atoms with Crippen molar-refractivity contribution < 1.29 is 18.3 Å². The molecule has 118 valence electrons. The summed E-state index contributed by atoms with van der Waals surface area (Å²) in [7, 11) is 0. The number of carbonyl (C=O) groups is 1. The smallest absolute Gasteiger partial charge is 0.339 e. The molecule has 0 saturated carbocycles. The number of hydrogen-bond donors (Lipinski definition) is 1. The molecule has 3 rings (SSSR count). The van der Waals surface area contributed by atoms with Crippen molar-refractivity contribution in [2.45, 2.75) is 6.92 Å². The molecule has 0 atom stereocenters. The second-order valence-corrected chi connectivity index (χ2v) is 5.38. The van der Waals surface area contributed by atoms with E-state index in [1.807, 2.05) is 0 Å². The van der Waals surface area contributed by atoms with Crippen molar-refractivity contribution in [3.8, 4) is 0 Å². The van der Waals surface area contributed by atoms with Crippen LogP contribution in [0.1, 0.15) is 17.3 Å². The molecule has 8 heteroatoms. The summed E-state index contributed by atoms with van der Waals surface area (Å²) in [5.74, 6) is -1.53. The van der Waals surface area contributed by atoms with Crippen LogP contribution >= 0.6 is 11.3 Å². The molecule has 0 amide bonds. The van der Waals surface area contributed by atoms with Crippen LogP contribution in [0, 0.1) is 11.6 Å². The maximum atomic E-state index is 13.8. The topological polar surface area (TPSA) is 64.1 Å². The third kappa shape index (κ3) is 2.98. The molecule has 1 N–H and O–H groups in total. The minimum Gasteiger partial charge on any atom is -0.462 e. The van der Waals surface area contributed by atoms with Gasteiger partial charge in [0.2, 0.25) is 0 Å². The first-order valence-electron chi connectivity index (χ1n) is 6.71. The number of carbonyl (C=O) groups excluding carboxylic acids is 1. The van der Waals surface area contributed by atoms with Gasteiger partial charge in [0.05, 0.1) is 23.2 Å². The van der Waals surface area contributed by atoms with E-state index in [-0.39, 0.29) is 23.7 Å². The number of fused-ring (bicyclic) bond motifs is 1. The third-order valence-electron chi connectivity index (χ3n) is 3.05. The quantitative estimate of drug-likeness (QED) is 0.733. The van der Waals surface area contributed by atoms with Crippen LogP contribution in [0.4, 0.5) is 20.3 Å². The summed E-state index contributed by atoms with van der Waals surface area (Å²) >= 11 is 1.24. The molecule has 0 aliphatic carbocycles. The summed E-state index contributed by atoms with van der Waals surface area (Å²) in [4.78, 5) is 20.7. The number of aromatic nitrogens is 2. The Labute approximate surface area is 134 Å². The average molecular weight is 335 g/mol. The fraction of sp³-hybridized carbons (Fsp3) is 0.133. The number of halogens is 2. The molecule has 0 unspecified atom stereocenters. The minimum absolute atomic E-state index is 0.0778. The van der Waals surface area contributed by atoms with Gasteiger partial charge in [0.1, 0.15) is 28.6 Å². The van der Waals surface area contributed by atoms with Crippen LogP contribution in [0.3, 0.4) is 0 Å². The van der Waals surface area contributed by atoms with E-state index < -0.39 is 17.6 Å². The Morgan fingerprint density at radius 2 is 2.17 bits per heavy atom. The van der Waals surface area contributed by atoms with Crippen molar-refractivity contribution in [2.24, 2.45) is 0 Å². The fourth-order valence-electron chi connectivity index (χ4n) is 2.05. The molecule has 2 heterocycles. The van der Waals surface area contributed by atoms with Crippen molar-refractivity contribution in [2.75, 3.05) is 11.9 Å². The van der Waals surface area contributed by atoms with Crippen molar-refractivity contribution in [3.05, 3.63) is 47.1 Å². The van der Waals surface area contributed by atoms with E-state index in [4.69, 9.17) is 4.74 Å². The summed E-state index contributed by atoms with van der Waals surface area (Å²) in [6, 6.07) is 3.04. The molecule has 23 heavy (non-hydrogen) atoms. The van der Waals surface area contributed by atoms with Crippen LogP contribution in [0.5, 0.6) is 0 Å². The van der Waals surface area contributed by atoms with Crippen LogP contribution in [-0.4, -0.2) is 22.5 Å². The van der Waals surface area contributed by atoms with Gasteiger partial charge in [0.25, 0.3) is 0 Å². The summed E-state index contributed by atoms with van der Waals surface area (Å²) in [5, 5.41) is 4.73. The number of nitrogens with zero attached hydrogens (tertiary/aromatic N) is 2. The van der Waals surface area contributed by atoms with Gasteiger partial charge in [0, 0.05) is 11.4 Å². The molecular weight excluding hydrogens is 324 g/mol.